The van der Waals surface area contributed by atoms with Gasteiger partial charge >= 0.3 is 5.69 Å². The van der Waals surface area contributed by atoms with E-state index in [1.807, 2.05) is 35.8 Å². The summed E-state index contributed by atoms with van der Waals surface area (Å²) in [6.45, 7) is 5.51. The molecule has 0 bridgehead atoms. The van der Waals surface area contributed by atoms with Crippen LogP contribution in [0.25, 0.3) is 5.69 Å². The van der Waals surface area contributed by atoms with Crippen LogP contribution in [0.2, 0.25) is 0 Å². The van der Waals surface area contributed by atoms with Crippen LogP contribution in [0.5, 0.6) is 0 Å². The average molecular weight is 470 g/mol. The molecule has 4 rings (SSSR count). The topological polar surface area (TPSA) is 121 Å². The SMILES string of the molecule is Cc1ccc(-n2c(SC(C)C(=O)c3c(N)n(C)c(=O)n(C)c3=O)nnc2N2CCCC2)cc1. The summed E-state index contributed by atoms with van der Waals surface area (Å²) in [7, 11) is 2.76. The van der Waals surface area contributed by atoms with Crippen molar-refractivity contribution < 1.29 is 4.79 Å². The van der Waals surface area contributed by atoms with Crippen LogP contribution in [0.15, 0.2) is 39.0 Å². The molecule has 0 aliphatic carbocycles. The van der Waals surface area contributed by atoms with Crippen LogP contribution < -0.4 is 21.9 Å². The highest BCUT2D eigenvalue weighted by Crippen LogP contribution is 2.32. The van der Waals surface area contributed by atoms with Gasteiger partial charge in [0.25, 0.3) is 5.56 Å². The van der Waals surface area contributed by atoms with Crippen molar-refractivity contribution in [3.63, 3.8) is 0 Å². The molecule has 1 atom stereocenters. The maximum atomic E-state index is 13.3. The van der Waals surface area contributed by atoms with Crippen molar-refractivity contribution in [2.24, 2.45) is 14.1 Å². The number of anilines is 2. The number of ketones is 1. The molecule has 1 aliphatic rings. The lowest BCUT2D eigenvalue weighted by molar-refractivity contribution is 0.0992. The first-order valence-electron chi connectivity index (χ1n) is 10.7. The Morgan fingerprint density at radius 2 is 1.70 bits per heavy atom. The number of thioether (sulfide) groups is 1. The van der Waals surface area contributed by atoms with E-state index in [9.17, 15) is 14.4 Å². The van der Waals surface area contributed by atoms with Crippen molar-refractivity contribution in [2.75, 3.05) is 23.7 Å². The molecule has 0 spiro atoms. The lowest BCUT2D eigenvalue weighted by Crippen LogP contribution is -2.42. The van der Waals surface area contributed by atoms with E-state index in [1.54, 1.807) is 6.92 Å². The molecule has 1 aliphatic heterocycles. The first-order chi connectivity index (χ1) is 15.7. The van der Waals surface area contributed by atoms with Crippen molar-refractivity contribution in [1.82, 2.24) is 23.9 Å². The Morgan fingerprint density at radius 1 is 1.06 bits per heavy atom. The molecule has 174 valence electrons. The summed E-state index contributed by atoms with van der Waals surface area (Å²) < 4.78 is 3.94. The molecule has 1 saturated heterocycles. The molecule has 1 aromatic carbocycles. The standard InChI is InChI=1S/C22H27N7O3S/c1-13-7-9-15(10-8-13)29-20(28-11-5-6-12-28)24-25-21(29)33-14(2)17(30)16-18(23)26(3)22(32)27(4)19(16)31/h7-10,14H,5-6,11-12,23H2,1-4H3. The van der Waals surface area contributed by atoms with Crippen molar-refractivity contribution >= 4 is 29.3 Å². The predicted molar refractivity (Wildman–Crippen MR) is 129 cm³/mol. The van der Waals surface area contributed by atoms with Gasteiger partial charge in [0.15, 0.2) is 10.9 Å². The molecular formula is C22H27N7O3S. The van der Waals surface area contributed by atoms with E-state index in [1.165, 1.54) is 25.9 Å². The van der Waals surface area contributed by atoms with Gasteiger partial charge in [-0.25, -0.2) is 4.79 Å². The Kier molecular flexibility index (Phi) is 6.15. The lowest BCUT2D eigenvalue weighted by atomic mass is 10.1. The Bertz CT molecular complexity index is 1320. The Labute approximate surface area is 195 Å². The highest BCUT2D eigenvalue weighted by molar-refractivity contribution is 8.00. The van der Waals surface area contributed by atoms with Gasteiger partial charge in [-0.15, -0.1) is 10.2 Å². The third kappa shape index (κ3) is 4.08. The fourth-order valence-corrected chi connectivity index (χ4v) is 4.81. The molecule has 1 unspecified atom stereocenters. The normalized spacial score (nSPS) is 14.6. The summed E-state index contributed by atoms with van der Waals surface area (Å²) in [6.07, 6.45) is 2.18. The number of benzene rings is 1. The van der Waals surface area contributed by atoms with Gasteiger partial charge in [0.05, 0.1) is 10.9 Å². The summed E-state index contributed by atoms with van der Waals surface area (Å²) >= 11 is 1.21. The minimum Gasteiger partial charge on any atom is -0.384 e. The van der Waals surface area contributed by atoms with Gasteiger partial charge in [-0.2, -0.15) is 0 Å². The molecule has 3 aromatic rings. The van der Waals surface area contributed by atoms with E-state index in [0.29, 0.717) is 5.16 Å². The molecular weight excluding hydrogens is 442 g/mol. The predicted octanol–water partition coefficient (Wildman–Crippen LogP) is 1.52. The van der Waals surface area contributed by atoms with Gasteiger partial charge in [-0.05, 0) is 38.8 Å². The summed E-state index contributed by atoms with van der Waals surface area (Å²) in [5.41, 5.74) is 6.54. The van der Waals surface area contributed by atoms with Crippen LogP contribution >= 0.6 is 11.8 Å². The third-order valence-electron chi connectivity index (χ3n) is 5.91. The molecule has 3 heterocycles. The second-order valence-corrected chi connectivity index (χ2v) is 9.55. The van der Waals surface area contributed by atoms with Crippen LogP contribution in [-0.2, 0) is 14.1 Å². The van der Waals surface area contributed by atoms with E-state index in [-0.39, 0.29) is 11.4 Å². The molecule has 2 N–H and O–H groups in total. The zero-order valence-corrected chi connectivity index (χ0v) is 19.9. The second kappa shape index (κ2) is 8.89. The van der Waals surface area contributed by atoms with Crippen LogP contribution in [0.4, 0.5) is 11.8 Å². The van der Waals surface area contributed by atoms with Gasteiger partial charge in [-0.1, -0.05) is 29.5 Å². The zero-order chi connectivity index (χ0) is 23.9. The van der Waals surface area contributed by atoms with Crippen LogP contribution in [0.3, 0.4) is 0 Å². The van der Waals surface area contributed by atoms with Gasteiger partial charge < -0.3 is 10.6 Å². The van der Waals surface area contributed by atoms with E-state index < -0.39 is 22.3 Å². The number of hydrogen-bond donors (Lipinski definition) is 1. The molecule has 11 heteroatoms. The number of carbonyl (C=O) groups is 1. The monoisotopic (exact) mass is 469 g/mol. The Morgan fingerprint density at radius 3 is 2.33 bits per heavy atom. The van der Waals surface area contributed by atoms with E-state index in [0.717, 1.165) is 52.3 Å². The van der Waals surface area contributed by atoms with Crippen LogP contribution in [0, 0.1) is 6.92 Å². The van der Waals surface area contributed by atoms with Crippen molar-refractivity contribution in [3.05, 3.63) is 56.2 Å². The summed E-state index contributed by atoms with van der Waals surface area (Å²) in [5.74, 6) is 0.129. The number of aromatic nitrogens is 5. The largest absolute Gasteiger partial charge is 0.384 e. The summed E-state index contributed by atoms with van der Waals surface area (Å²) in [5, 5.41) is 8.67. The molecule has 33 heavy (non-hydrogen) atoms. The highest BCUT2D eigenvalue weighted by Gasteiger charge is 2.29. The number of nitrogen functional groups attached to an aromatic ring is 1. The minimum atomic E-state index is -0.703. The van der Waals surface area contributed by atoms with E-state index >= 15 is 0 Å². The quantitative estimate of drug-likeness (QED) is 0.426. The molecule has 10 nitrogen and oxygen atoms in total. The zero-order valence-electron chi connectivity index (χ0n) is 19.1. The molecule has 1 fully saturated rings. The fraction of sp³-hybridized carbons (Fsp3) is 0.409. The maximum Gasteiger partial charge on any atom is 0.332 e. The van der Waals surface area contributed by atoms with Crippen molar-refractivity contribution in [2.45, 2.75) is 37.1 Å². The number of nitrogens with two attached hydrogens (primary N) is 1. The number of Topliss-reactive ketones (excluding diaryl/α,β-unsaturated/α-hetero) is 1. The molecule has 0 amide bonds. The molecule has 2 aromatic heterocycles. The number of aryl methyl sites for hydroxylation is 1. The first kappa shape index (κ1) is 22.8. The summed E-state index contributed by atoms with van der Waals surface area (Å²) in [4.78, 5) is 40.2. The average Bonchev–Trinajstić information content (AvgIpc) is 3.47. The Balaban J connectivity index is 1.72. The van der Waals surface area contributed by atoms with Crippen molar-refractivity contribution in [1.29, 1.82) is 0 Å². The maximum absolute atomic E-state index is 13.3. The Hall–Kier alpha value is -3.34. The molecule has 0 saturated carbocycles. The number of nitrogens with zero attached hydrogens (tertiary/aromatic N) is 6. The summed E-state index contributed by atoms with van der Waals surface area (Å²) in [6, 6.07) is 8.02. The minimum absolute atomic E-state index is 0.140. The fourth-order valence-electron chi connectivity index (χ4n) is 3.89. The van der Waals surface area contributed by atoms with E-state index in [2.05, 4.69) is 15.1 Å². The number of hydrogen-bond acceptors (Lipinski definition) is 8. The van der Waals surface area contributed by atoms with Gasteiger partial charge in [-0.3, -0.25) is 23.3 Å². The second-order valence-electron chi connectivity index (χ2n) is 8.24. The highest BCUT2D eigenvalue weighted by atomic mass is 32.2. The van der Waals surface area contributed by atoms with Crippen LogP contribution in [0.1, 0.15) is 35.7 Å². The van der Waals surface area contributed by atoms with E-state index in [4.69, 9.17) is 5.73 Å². The lowest BCUT2D eigenvalue weighted by Gasteiger charge is -2.19. The smallest absolute Gasteiger partial charge is 0.332 e. The van der Waals surface area contributed by atoms with Gasteiger partial charge in [0.2, 0.25) is 5.95 Å². The third-order valence-corrected chi connectivity index (χ3v) is 6.95. The number of rotatable bonds is 6. The molecule has 0 radical (unpaired) electrons. The first-order valence-corrected chi connectivity index (χ1v) is 11.6. The van der Waals surface area contributed by atoms with Gasteiger partial charge in [0.1, 0.15) is 11.4 Å². The van der Waals surface area contributed by atoms with Crippen LogP contribution in [-0.4, -0.2) is 48.0 Å². The van der Waals surface area contributed by atoms with Gasteiger partial charge in [0, 0.05) is 27.2 Å². The number of carbonyl (C=O) groups excluding carboxylic acids is 1. The van der Waals surface area contributed by atoms with Crippen molar-refractivity contribution in [3.8, 4) is 5.69 Å².